The van der Waals surface area contributed by atoms with Gasteiger partial charge in [-0.2, -0.15) is 0 Å². The number of hydrogen-bond donors (Lipinski definition) is 2. The number of carbonyl (C=O) groups excluding carboxylic acids is 1. The lowest BCUT2D eigenvalue weighted by atomic mass is 9.78. The third-order valence-electron chi connectivity index (χ3n) is 6.32. The fraction of sp³-hybridized carbons (Fsp3) is 0.429. The van der Waals surface area contributed by atoms with E-state index in [-0.39, 0.29) is 28.9 Å². The van der Waals surface area contributed by atoms with Gasteiger partial charge in [0.05, 0.1) is 6.54 Å². The van der Waals surface area contributed by atoms with Crippen molar-refractivity contribution in [3.05, 3.63) is 64.2 Å². The normalized spacial score (nSPS) is 16.6. The Morgan fingerprint density at radius 1 is 0.941 bits per heavy atom. The molecule has 6 heteroatoms. The molecule has 2 aromatic rings. The van der Waals surface area contributed by atoms with Crippen LogP contribution in [0.15, 0.2) is 36.4 Å². The molecular formula is C28H34N2O4. The Hall–Kier alpha value is -3.28. The fourth-order valence-corrected chi connectivity index (χ4v) is 4.38. The number of hydrogen-bond acceptors (Lipinski definition) is 5. The Kier molecular flexibility index (Phi) is 5.96. The molecule has 0 spiro atoms. The number of Topliss-reactive ketones (excluding diaryl/α,β-unsaturated/α-hetero) is 1. The summed E-state index contributed by atoms with van der Waals surface area (Å²) in [6, 6.07) is 7.37. The summed E-state index contributed by atoms with van der Waals surface area (Å²) in [5.74, 6) is 1.75. The number of aromatic hydroxyl groups is 1. The standard InChI is InChI=1S/C28H34N2O4/c1-27(2,3)20-11-17(12-21(25(20)32)28(4,5)6)22(31)16-30-15-18-13-23-24(14-19(18)26(30)29)34-10-8-7-9-33-23/h7-8,11-14,29,32H,9-10,15-16H2,1-6H3/b8-7-,29-26?. The number of ketones is 1. The lowest BCUT2D eigenvalue weighted by Gasteiger charge is -2.28. The minimum atomic E-state index is -0.317. The number of nitrogens with zero attached hydrogens (tertiary/aromatic N) is 1. The predicted octanol–water partition coefficient (Wildman–Crippen LogP) is 5.34. The van der Waals surface area contributed by atoms with Crippen molar-refractivity contribution in [1.29, 1.82) is 5.41 Å². The maximum Gasteiger partial charge on any atom is 0.182 e. The van der Waals surface area contributed by atoms with Gasteiger partial charge >= 0.3 is 0 Å². The zero-order chi connectivity index (χ0) is 24.8. The summed E-state index contributed by atoms with van der Waals surface area (Å²) in [5, 5.41) is 19.7. The van der Waals surface area contributed by atoms with Crippen LogP contribution >= 0.6 is 0 Å². The maximum absolute atomic E-state index is 13.4. The van der Waals surface area contributed by atoms with Gasteiger partial charge in [0, 0.05) is 28.8 Å². The number of ether oxygens (including phenoxy) is 2. The molecule has 2 heterocycles. The molecule has 6 nitrogen and oxygen atoms in total. The van der Waals surface area contributed by atoms with E-state index in [4.69, 9.17) is 14.9 Å². The van der Waals surface area contributed by atoms with E-state index in [2.05, 4.69) is 0 Å². The average molecular weight is 463 g/mol. The van der Waals surface area contributed by atoms with Crippen molar-refractivity contribution in [3.63, 3.8) is 0 Å². The Morgan fingerprint density at radius 2 is 1.47 bits per heavy atom. The first kappa shape index (κ1) is 23.9. The molecule has 0 aromatic heterocycles. The highest BCUT2D eigenvalue weighted by molar-refractivity contribution is 6.05. The van der Waals surface area contributed by atoms with E-state index in [1.165, 1.54) is 0 Å². The van der Waals surface area contributed by atoms with Gasteiger partial charge in [-0.3, -0.25) is 10.2 Å². The number of amidine groups is 1. The SMILES string of the molecule is CC(C)(C)c1cc(C(=O)CN2Cc3cc4c(cc3C2=N)OC/C=C\CO4)cc(C(C)(C)C)c1O. The van der Waals surface area contributed by atoms with Crippen LogP contribution in [0.5, 0.6) is 17.2 Å². The van der Waals surface area contributed by atoms with E-state index in [1.807, 2.05) is 65.8 Å². The largest absolute Gasteiger partial charge is 0.507 e. The second-order valence-electron chi connectivity index (χ2n) is 11.1. The minimum absolute atomic E-state index is 0.0800. The number of rotatable bonds is 3. The summed E-state index contributed by atoms with van der Waals surface area (Å²) in [6.07, 6.45) is 3.82. The predicted molar refractivity (Wildman–Crippen MR) is 134 cm³/mol. The maximum atomic E-state index is 13.4. The smallest absolute Gasteiger partial charge is 0.182 e. The molecule has 0 atom stereocenters. The van der Waals surface area contributed by atoms with Gasteiger partial charge in [-0.1, -0.05) is 41.5 Å². The van der Waals surface area contributed by atoms with Gasteiger partial charge < -0.3 is 19.5 Å². The van der Waals surface area contributed by atoms with E-state index in [9.17, 15) is 9.90 Å². The molecule has 34 heavy (non-hydrogen) atoms. The zero-order valence-corrected chi connectivity index (χ0v) is 20.9. The Labute approximate surface area is 201 Å². The van der Waals surface area contributed by atoms with Gasteiger partial charge in [0.15, 0.2) is 17.3 Å². The van der Waals surface area contributed by atoms with Crippen molar-refractivity contribution in [3.8, 4) is 17.2 Å². The molecule has 2 aliphatic rings. The van der Waals surface area contributed by atoms with Crippen molar-refractivity contribution >= 4 is 11.6 Å². The number of phenolic OH excluding ortho intramolecular Hbond substituents is 1. The number of benzene rings is 2. The zero-order valence-electron chi connectivity index (χ0n) is 20.9. The highest BCUT2D eigenvalue weighted by atomic mass is 16.5. The van der Waals surface area contributed by atoms with Crippen LogP contribution in [0.3, 0.4) is 0 Å². The molecule has 0 saturated heterocycles. The molecule has 180 valence electrons. The molecule has 0 fully saturated rings. The third-order valence-corrected chi connectivity index (χ3v) is 6.32. The van der Waals surface area contributed by atoms with Crippen LogP contribution in [0.4, 0.5) is 0 Å². The Bertz CT molecular complexity index is 1150. The molecule has 0 bridgehead atoms. The second-order valence-corrected chi connectivity index (χ2v) is 11.1. The van der Waals surface area contributed by atoms with Crippen LogP contribution < -0.4 is 9.47 Å². The number of fused-ring (bicyclic) bond motifs is 2. The Balaban J connectivity index is 1.62. The lowest BCUT2D eigenvalue weighted by molar-refractivity contribution is 0.0962. The van der Waals surface area contributed by atoms with Gasteiger partial charge in [0.25, 0.3) is 0 Å². The quantitative estimate of drug-likeness (QED) is 0.475. The van der Waals surface area contributed by atoms with Crippen LogP contribution in [0.2, 0.25) is 0 Å². The molecule has 0 unspecified atom stereocenters. The van der Waals surface area contributed by atoms with Gasteiger partial charge in [-0.05, 0) is 52.8 Å². The molecule has 2 aliphatic heterocycles. The lowest BCUT2D eigenvalue weighted by Crippen LogP contribution is -2.30. The first-order valence-corrected chi connectivity index (χ1v) is 11.7. The summed E-state index contributed by atoms with van der Waals surface area (Å²) in [4.78, 5) is 15.2. The molecule has 0 saturated carbocycles. The van der Waals surface area contributed by atoms with Crippen LogP contribution in [0.1, 0.15) is 74.2 Å². The molecular weight excluding hydrogens is 428 g/mol. The number of phenols is 1. The summed E-state index contributed by atoms with van der Waals surface area (Å²) in [7, 11) is 0. The van der Waals surface area contributed by atoms with Crippen LogP contribution in [0, 0.1) is 5.41 Å². The van der Waals surface area contributed by atoms with Crippen molar-refractivity contribution in [2.45, 2.75) is 58.9 Å². The van der Waals surface area contributed by atoms with Crippen molar-refractivity contribution < 1.29 is 19.4 Å². The highest BCUT2D eigenvalue weighted by Crippen LogP contribution is 2.40. The summed E-state index contributed by atoms with van der Waals surface area (Å²) in [6.45, 7) is 13.6. The fourth-order valence-electron chi connectivity index (χ4n) is 4.38. The van der Waals surface area contributed by atoms with E-state index in [0.29, 0.717) is 42.7 Å². The van der Waals surface area contributed by atoms with E-state index in [1.54, 1.807) is 17.0 Å². The first-order chi connectivity index (χ1) is 15.9. The highest BCUT2D eigenvalue weighted by Gasteiger charge is 2.31. The first-order valence-electron chi connectivity index (χ1n) is 11.7. The second kappa shape index (κ2) is 8.49. The van der Waals surface area contributed by atoms with Crippen LogP contribution in [-0.4, -0.2) is 41.4 Å². The molecule has 2 aromatic carbocycles. The minimum Gasteiger partial charge on any atom is -0.507 e. The van der Waals surface area contributed by atoms with Gasteiger partial charge in [-0.15, -0.1) is 0 Å². The van der Waals surface area contributed by atoms with Gasteiger partial charge in [-0.25, -0.2) is 0 Å². The monoisotopic (exact) mass is 462 g/mol. The number of carbonyl (C=O) groups is 1. The summed E-state index contributed by atoms with van der Waals surface area (Å²) >= 11 is 0. The molecule has 0 radical (unpaired) electrons. The third kappa shape index (κ3) is 4.54. The molecule has 4 rings (SSSR count). The Morgan fingerprint density at radius 3 is 2.00 bits per heavy atom. The van der Waals surface area contributed by atoms with Crippen LogP contribution in [-0.2, 0) is 17.4 Å². The molecule has 0 aliphatic carbocycles. The topological polar surface area (TPSA) is 82.9 Å². The van der Waals surface area contributed by atoms with Gasteiger partial charge in [0.2, 0.25) is 0 Å². The van der Waals surface area contributed by atoms with Gasteiger partial charge in [0.1, 0.15) is 24.8 Å². The van der Waals surface area contributed by atoms with Crippen molar-refractivity contribution in [1.82, 2.24) is 4.90 Å². The molecule has 0 amide bonds. The average Bonchev–Trinajstić information content (AvgIpc) is 3.00. The summed E-state index contributed by atoms with van der Waals surface area (Å²) in [5.41, 5.74) is 3.14. The van der Waals surface area contributed by atoms with Crippen LogP contribution in [0.25, 0.3) is 0 Å². The van der Waals surface area contributed by atoms with Crippen molar-refractivity contribution in [2.24, 2.45) is 0 Å². The number of nitrogens with one attached hydrogen (secondary N) is 1. The van der Waals surface area contributed by atoms with E-state index in [0.717, 1.165) is 22.3 Å². The summed E-state index contributed by atoms with van der Waals surface area (Å²) < 4.78 is 11.6. The van der Waals surface area contributed by atoms with Crippen molar-refractivity contribution in [2.75, 3.05) is 19.8 Å². The van der Waals surface area contributed by atoms with E-state index < -0.39 is 0 Å². The van der Waals surface area contributed by atoms with E-state index >= 15 is 0 Å². The molecule has 2 N–H and O–H groups in total.